The van der Waals surface area contributed by atoms with Gasteiger partial charge in [0.05, 0.1) is 11.3 Å². The van der Waals surface area contributed by atoms with Crippen LogP contribution < -0.4 is 0 Å². The number of carbonyl (C=O) groups excluding carboxylic acids is 1. The fraction of sp³-hybridized carbons (Fsp3) is 0.391. The van der Waals surface area contributed by atoms with Crippen LogP contribution in [0.25, 0.3) is 11.4 Å². The van der Waals surface area contributed by atoms with E-state index in [0.29, 0.717) is 23.4 Å². The quantitative estimate of drug-likeness (QED) is 0.526. The number of thioether (sulfide) groups is 1. The molecule has 1 aliphatic heterocycles. The molecule has 1 aromatic carbocycles. The summed E-state index contributed by atoms with van der Waals surface area (Å²) in [6.45, 7) is 4.25. The minimum Gasteiger partial charge on any atom is -0.339 e. The molecule has 7 nitrogen and oxygen atoms in total. The van der Waals surface area contributed by atoms with Crippen LogP contribution in [0.4, 0.5) is 0 Å². The first-order valence-corrected chi connectivity index (χ1v) is 11.7. The van der Waals surface area contributed by atoms with E-state index in [9.17, 15) is 4.79 Å². The van der Waals surface area contributed by atoms with Crippen molar-refractivity contribution in [2.45, 2.75) is 30.3 Å². The van der Waals surface area contributed by atoms with Crippen molar-refractivity contribution in [3.63, 3.8) is 0 Å². The van der Waals surface area contributed by atoms with Gasteiger partial charge in [-0.1, -0.05) is 47.3 Å². The number of rotatable bonds is 7. The number of piperazine rings is 1. The number of hydrogen-bond donors (Lipinski definition) is 0. The predicted molar refractivity (Wildman–Crippen MR) is 119 cm³/mol. The van der Waals surface area contributed by atoms with Gasteiger partial charge in [-0.15, -0.1) is 0 Å². The Balaban J connectivity index is 1.15. The fourth-order valence-corrected chi connectivity index (χ4v) is 4.63. The second kappa shape index (κ2) is 9.20. The van der Waals surface area contributed by atoms with Crippen molar-refractivity contribution < 1.29 is 9.32 Å². The Kier molecular flexibility index (Phi) is 5.99. The van der Waals surface area contributed by atoms with Crippen LogP contribution in [-0.2, 0) is 11.3 Å². The standard InChI is InChI=1S/C23H25N5O2S/c29-20(28-13-11-27(12-14-28)15-17-5-2-1-3-6-17)16-31-23-19(7-4-10-24-23)21-25-22(30-26-21)18-8-9-18/h1-7,10,18H,8-9,11-16H2. The molecule has 2 aromatic heterocycles. The number of amides is 1. The van der Waals surface area contributed by atoms with Crippen LogP contribution in [0, 0.1) is 0 Å². The van der Waals surface area contributed by atoms with Gasteiger partial charge in [-0.05, 0) is 30.5 Å². The monoisotopic (exact) mass is 435 g/mol. The number of benzene rings is 1. The highest BCUT2D eigenvalue weighted by atomic mass is 32.2. The second-order valence-electron chi connectivity index (χ2n) is 8.02. The van der Waals surface area contributed by atoms with E-state index < -0.39 is 0 Å². The first-order chi connectivity index (χ1) is 15.3. The Labute approximate surface area is 185 Å². The number of hydrogen-bond acceptors (Lipinski definition) is 7. The lowest BCUT2D eigenvalue weighted by Crippen LogP contribution is -2.48. The van der Waals surface area contributed by atoms with Crippen LogP contribution in [0.2, 0.25) is 0 Å². The summed E-state index contributed by atoms with van der Waals surface area (Å²) in [7, 11) is 0. The molecular formula is C23H25N5O2S. The molecule has 1 aliphatic carbocycles. The minimum absolute atomic E-state index is 0.146. The van der Waals surface area contributed by atoms with E-state index in [0.717, 1.165) is 56.2 Å². The molecule has 160 valence electrons. The van der Waals surface area contributed by atoms with Crippen LogP contribution in [0.15, 0.2) is 58.2 Å². The van der Waals surface area contributed by atoms with Gasteiger partial charge in [0.1, 0.15) is 5.03 Å². The molecule has 0 N–H and O–H groups in total. The minimum atomic E-state index is 0.146. The summed E-state index contributed by atoms with van der Waals surface area (Å²) >= 11 is 1.44. The molecule has 31 heavy (non-hydrogen) atoms. The first-order valence-electron chi connectivity index (χ1n) is 10.7. The van der Waals surface area contributed by atoms with Gasteiger partial charge < -0.3 is 9.42 Å². The van der Waals surface area contributed by atoms with E-state index in [1.807, 2.05) is 23.1 Å². The fourth-order valence-electron chi connectivity index (χ4n) is 3.74. The van der Waals surface area contributed by atoms with Gasteiger partial charge in [0.25, 0.3) is 0 Å². The molecule has 2 aliphatic rings. The van der Waals surface area contributed by atoms with Crippen molar-refractivity contribution in [3.05, 3.63) is 60.1 Å². The highest BCUT2D eigenvalue weighted by Gasteiger charge is 2.30. The van der Waals surface area contributed by atoms with Gasteiger partial charge in [0.15, 0.2) is 0 Å². The summed E-state index contributed by atoms with van der Waals surface area (Å²) in [5, 5.41) is 4.89. The maximum Gasteiger partial charge on any atom is 0.233 e. The van der Waals surface area contributed by atoms with Crippen molar-refractivity contribution in [1.82, 2.24) is 24.9 Å². The van der Waals surface area contributed by atoms with Crippen LogP contribution in [0.1, 0.15) is 30.2 Å². The van der Waals surface area contributed by atoms with Crippen molar-refractivity contribution in [1.29, 1.82) is 0 Å². The molecular weight excluding hydrogens is 410 g/mol. The van der Waals surface area contributed by atoms with Crippen LogP contribution >= 0.6 is 11.8 Å². The third-order valence-electron chi connectivity index (χ3n) is 5.69. The number of pyridine rings is 1. The average Bonchev–Trinajstić information content (AvgIpc) is 3.55. The normalized spacial score (nSPS) is 17.1. The third kappa shape index (κ3) is 4.97. The van der Waals surface area contributed by atoms with Gasteiger partial charge in [-0.25, -0.2) is 4.98 Å². The molecule has 0 spiro atoms. The van der Waals surface area contributed by atoms with Crippen LogP contribution in [0.5, 0.6) is 0 Å². The Hall–Kier alpha value is -2.71. The van der Waals surface area contributed by atoms with E-state index in [-0.39, 0.29) is 5.91 Å². The molecule has 0 atom stereocenters. The van der Waals surface area contributed by atoms with Gasteiger partial charge in [0.2, 0.25) is 17.6 Å². The zero-order valence-corrected chi connectivity index (χ0v) is 18.1. The van der Waals surface area contributed by atoms with Crippen molar-refractivity contribution in [2.24, 2.45) is 0 Å². The average molecular weight is 436 g/mol. The Morgan fingerprint density at radius 1 is 1.06 bits per heavy atom. The zero-order chi connectivity index (χ0) is 21.0. The molecule has 3 heterocycles. The molecule has 0 bridgehead atoms. The van der Waals surface area contributed by atoms with E-state index in [2.05, 4.69) is 44.3 Å². The number of nitrogens with zero attached hydrogens (tertiary/aromatic N) is 5. The lowest BCUT2D eigenvalue weighted by atomic mass is 10.2. The Morgan fingerprint density at radius 3 is 2.65 bits per heavy atom. The summed E-state index contributed by atoms with van der Waals surface area (Å²) in [5.41, 5.74) is 2.13. The third-order valence-corrected chi connectivity index (χ3v) is 6.68. The number of carbonyl (C=O) groups is 1. The molecule has 1 saturated carbocycles. The zero-order valence-electron chi connectivity index (χ0n) is 17.3. The number of aromatic nitrogens is 3. The van der Waals surface area contributed by atoms with Crippen LogP contribution in [0.3, 0.4) is 0 Å². The molecule has 5 rings (SSSR count). The summed E-state index contributed by atoms with van der Waals surface area (Å²) < 4.78 is 5.39. The molecule has 1 amide bonds. The lowest BCUT2D eigenvalue weighted by Gasteiger charge is -2.34. The smallest absolute Gasteiger partial charge is 0.233 e. The van der Waals surface area contributed by atoms with Gasteiger partial charge >= 0.3 is 0 Å². The highest BCUT2D eigenvalue weighted by Crippen LogP contribution is 2.40. The van der Waals surface area contributed by atoms with Gasteiger partial charge in [-0.2, -0.15) is 4.98 Å². The first kappa shape index (κ1) is 20.2. The van der Waals surface area contributed by atoms with Crippen molar-refractivity contribution in [2.75, 3.05) is 31.9 Å². The predicted octanol–water partition coefficient (Wildman–Crippen LogP) is 3.45. The van der Waals surface area contributed by atoms with E-state index in [4.69, 9.17) is 4.52 Å². The maximum atomic E-state index is 12.8. The molecule has 2 fully saturated rings. The second-order valence-corrected chi connectivity index (χ2v) is 8.98. The lowest BCUT2D eigenvalue weighted by molar-refractivity contribution is -0.130. The van der Waals surface area contributed by atoms with Gasteiger partial charge in [-0.3, -0.25) is 9.69 Å². The van der Waals surface area contributed by atoms with Gasteiger partial charge in [0, 0.05) is 44.8 Å². The largest absolute Gasteiger partial charge is 0.339 e. The SMILES string of the molecule is O=C(CSc1ncccc1-c1noc(C2CC2)n1)N1CCN(Cc2ccccc2)CC1. The topological polar surface area (TPSA) is 75.4 Å². The highest BCUT2D eigenvalue weighted by molar-refractivity contribution is 8.00. The van der Waals surface area contributed by atoms with Crippen molar-refractivity contribution in [3.8, 4) is 11.4 Å². The summed E-state index contributed by atoms with van der Waals surface area (Å²) in [5.74, 6) is 2.18. The Morgan fingerprint density at radius 2 is 1.87 bits per heavy atom. The summed E-state index contributed by atoms with van der Waals surface area (Å²) in [6.07, 6.45) is 3.97. The molecule has 0 unspecified atom stereocenters. The van der Waals surface area contributed by atoms with E-state index >= 15 is 0 Å². The summed E-state index contributed by atoms with van der Waals surface area (Å²) in [6, 6.07) is 14.3. The molecule has 8 heteroatoms. The van der Waals surface area contributed by atoms with E-state index in [1.165, 1.54) is 17.3 Å². The van der Waals surface area contributed by atoms with E-state index in [1.54, 1.807) is 6.20 Å². The van der Waals surface area contributed by atoms with Crippen molar-refractivity contribution >= 4 is 17.7 Å². The maximum absolute atomic E-state index is 12.8. The van der Waals surface area contributed by atoms with Crippen LogP contribution in [-0.4, -0.2) is 62.8 Å². The molecule has 3 aromatic rings. The molecule has 0 radical (unpaired) electrons. The summed E-state index contributed by atoms with van der Waals surface area (Å²) in [4.78, 5) is 26.1. The Bertz CT molecular complexity index is 1030. The molecule has 1 saturated heterocycles.